The zero-order valence-electron chi connectivity index (χ0n) is 13.2. The first-order valence-corrected chi connectivity index (χ1v) is 8.14. The molecule has 2 N–H and O–H groups in total. The first kappa shape index (κ1) is 16.8. The van der Waals surface area contributed by atoms with Crippen LogP contribution in [0.4, 0.5) is 10.1 Å². The van der Waals surface area contributed by atoms with Crippen LogP contribution in [0.3, 0.4) is 0 Å². The number of hydrogen-bond donors (Lipinski definition) is 1. The van der Waals surface area contributed by atoms with E-state index in [1.54, 1.807) is 31.2 Å². The Hall–Kier alpha value is -3.06. The number of nitrogens with two attached hydrogens (primary N) is 1. The zero-order valence-corrected chi connectivity index (χ0v) is 14.0. The third-order valence-corrected chi connectivity index (χ3v) is 5.20. The number of amides is 1. The van der Waals surface area contributed by atoms with E-state index in [0.29, 0.717) is 10.4 Å². The maximum atomic E-state index is 13.2. The van der Waals surface area contributed by atoms with Crippen molar-refractivity contribution in [2.24, 2.45) is 5.73 Å². The van der Waals surface area contributed by atoms with Gasteiger partial charge in [0.05, 0.1) is 9.80 Å². The molecule has 0 aliphatic rings. The molecule has 0 radical (unpaired) electrons. The molecule has 0 spiro atoms. The van der Waals surface area contributed by atoms with Gasteiger partial charge < -0.3 is 5.73 Å². The number of non-ortho nitro benzene ring substituents is 1. The molecular weight excluding hydrogens is 343 g/mol. The molecule has 0 bridgehead atoms. The Morgan fingerprint density at radius 1 is 1.08 bits per heavy atom. The lowest BCUT2D eigenvalue weighted by molar-refractivity contribution is -0.384. The molecule has 7 heteroatoms. The molecule has 3 aromatic rings. The van der Waals surface area contributed by atoms with Crippen LogP contribution >= 0.6 is 11.3 Å². The Labute approximate surface area is 146 Å². The second-order valence-electron chi connectivity index (χ2n) is 5.44. The van der Waals surface area contributed by atoms with Crippen molar-refractivity contribution in [1.29, 1.82) is 0 Å². The fourth-order valence-corrected chi connectivity index (χ4v) is 3.84. The van der Waals surface area contributed by atoms with Crippen LogP contribution in [-0.2, 0) is 0 Å². The Morgan fingerprint density at radius 2 is 1.64 bits per heavy atom. The van der Waals surface area contributed by atoms with Crippen molar-refractivity contribution < 1.29 is 14.1 Å². The van der Waals surface area contributed by atoms with Crippen molar-refractivity contribution in [2.45, 2.75) is 6.92 Å². The highest BCUT2D eigenvalue weighted by Gasteiger charge is 2.21. The second kappa shape index (κ2) is 6.45. The number of carbonyl (C=O) groups excluding carboxylic acids is 1. The quantitative estimate of drug-likeness (QED) is 0.550. The van der Waals surface area contributed by atoms with E-state index in [2.05, 4.69) is 0 Å². The number of nitro benzene ring substituents is 1. The van der Waals surface area contributed by atoms with Gasteiger partial charge in [-0.1, -0.05) is 12.1 Å². The molecule has 0 atom stereocenters. The fourth-order valence-electron chi connectivity index (χ4n) is 2.65. The predicted molar refractivity (Wildman–Crippen MR) is 95.1 cm³/mol. The molecule has 126 valence electrons. The molecule has 0 saturated heterocycles. The van der Waals surface area contributed by atoms with Gasteiger partial charge in [-0.15, -0.1) is 11.3 Å². The summed E-state index contributed by atoms with van der Waals surface area (Å²) in [5.41, 5.74) is 8.38. The lowest BCUT2D eigenvalue weighted by Gasteiger charge is -2.06. The van der Waals surface area contributed by atoms with Crippen molar-refractivity contribution in [2.75, 3.05) is 0 Å². The molecule has 0 unspecified atom stereocenters. The minimum Gasteiger partial charge on any atom is -0.365 e. The van der Waals surface area contributed by atoms with Gasteiger partial charge in [-0.05, 0) is 47.9 Å². The van der Waals surface area contributed by atoms with Gasteiger partial charge in [0, 0.05) is 22.6 Å². The fraction of sp³-hybridized carbons (Fsp3) is 0.0556. The third kappa shape index (κ3) is 3.14. The number of nitro groups is 1. The Bertz CT molecular complexity index is 963. The molecule has 3 rings (SSSR count). The highest BCUT2D eigenvalue weighted by Crippen LogP contribution is 2.43. The molecule has 5 nitrogen and oxygen atoms in total. The van der Waals surface area contributed by atoms with Gasteiger partial charge in [-0.25, -0.2) is 4.39 Å². The van der Waals surface area contributed by atoms with Gasteiger partial charge in [0.15, 0.2) is 0 Å². The number of rotatable bonds is 4. The van der Waals surface area contributed by atoms with E-state index in [9.17, 15) is 19.3 Å². The number of nitrogens with zero attached hydrogens (tertiary/aromatic N) is 1. The summed E-state index contributed by atoms with van der Waals surface area (Å²) < 4.78 is 13.2. The van der Waals surface area contributed by atoms with Crippen LogP contribution < -0.4 is 5.73 Å². The number of carbonyl (C=O) groups is 1. The summed E-state index contributed by atoms with van der Waals surface area (Å²) in [5, 5.41) is 10.8. The highest BCUT2D eigenvalue weighted by molar-refractivity contribution is 7.18. The van der Waals surface area contributed by atoms with E-state index in [4.69, 9.17) is 5.73 Å². The molecule has 0 fully saturated rings. The topological polar surface area (TPSA) is 86.2 Å². The number of primary amides is 1. The number of benzene rings is 2. The molecule has 0 saturated carbocycles. The largest absolute Gasteiger partial charge is 0.365 e. The first-order chi connectivity index (χ1) is 11.9. The normalized spacial score (nSPS) is 10.6. The van der Waals surface area contributed by atoms with Gasteiger partial charge in [-0.2, -0.15) is 0 Å². The lowest BCUT2D eigenvalue weighted by Crippen LogP contribution is -2.10. The smallest absolute Gasteiger partial charge is 0.269 e. The average Bonchev–Trinajstić information content (AvgIpc) is 2.93. The molecule has 25 heavy (non-hydrogen) atoms. The third-order valence-electron chi connectivity index (χ3n) is 3.84. The molecule has 1 aromatic heterocycles. The minimum atomic E-state index is -0.543. The highest BCUT2D eigenvalue weighted by atomic mass is 32.1. The van der Waals surface area contributed by atoms with Crippen molar-refractivity contribution in [3.63, 3.8) is 0 Å². The predicted octanol–water partition coefficient (Wildman–Crippen LogP) is 4.54. The second-order valence-corrected chi connectivity index (χ2v) is 6.46. The number of halogens is 1. The van der Waals surface area contributed by atoms with Crippen LogP contribution in [-0.4, -0.2) is 10.8 Å². The van der Waals surface area contributed by atoms with E-state index in [0.717, 1.165) is 21.6 Å². The molecule has 1 heterocycles. The summed E-state index contributed by atoms with van der Waals surface area (Å²) in [7, 11) is 0. The number of hydrogen-bond acceptors (Lipinski definition) is 4. The van der Waals surface area contributed by atoms with Crippen LogP contribution in [0.5, 0.6) is 0 Å². The summed E-state index contributed by atoms with van der Waals surface area (Å²) in [6, 6.07) is 12.0. The molecule has 1 amide bonds. The zero-order chi connectivity index (χ0) is 18.1. The van der Waals surface area contributed by atoms with E-state index in [1.807, 2.05) is 0 Å². The Balaban J connectivity index is 2.21. The SMILES string of the molecule is Cc1c(C(N)=O)sc(-c2ccc(F)cc2)c1-c1ccc([N+](=O)[O-])cc1. The summed E-state index contributed by atoms with van der Waals surface area (Å²) in [6.45, 7) is 1.78. The van der Waals surface area contributed by atoms with Gasteiger partial charge in [0.25, 0.3) is 11.6 Å². The van der Waals surface area contributed by atoms with Gasteiger partial charge in [-0.3, -0.25) is 14.9 Å². The van der Waals surface area contributed by atoms with Gasteiger partial charge in [0.2, 0.25) is 0 Å². The Morgan fingerprint density at radius 3 is 2.16 bits per heavy atom. The minimum absolute atomic E-state index is 0.0184. The summed E-state index contributed by atoms with van der Waals surface area (Å²) in [4.78, 5) is 23.3. The average molecular weight is 356 g/mol. The summed E-state index contributed by atoms with van der Waals surface area (Å²) in [5.74, 6) is -0.900. The van der Waals surface area contributed by atoms with Crippen LogP contribution in [0.25, 0.3) is 21.6 Å². The molecular formula is C18H13FN2O3S. The van der Waals surface area contributed by atoms with E-state index in [-0.39, 0.29) is 11.5 Å². The van der Waals surface area contributed by atoms with Crippen molar-refractivity contribution in [3.05, 3.63) is 74.9 Å². The monoisotopic (exact) mass is 356 g/mol. The van der Waals surface area contributed by atoms with Crippen molar-refractivity contribution >= 4 is 22.9 Å². The van der Waals surface area contributed by atoms with E-state index < -0.39 is 10.8 Å². The molecule has 0 aliphatic heterocycles. The first-order valence-electron chi connectivity index (χ1n) is 7.32. The van der Waals surface area contributed by atoms with Crippen LogP contribution in [0.2, 0.25) is 0 Å². The van der Waals surface area contributed by atoms with E-state index >= 15 is 0 Å². The molecule has 0 aliphatic carbocycles. The lowest BCUT2D eigenvalue weighted by atomic mass is 9.97. The standard InChI is InChI=1S/C18H13FN2O3S/c1-10-15(11-4-8-14(9-5-11)21(23)24)17(25-16(10)18(20)22)12-2-6-13(19)7-3-12/h2-9H,1H3,(H2,20,22). The van der Waals surface area contributed by atoms with Crippen molar-refractivity contribution in [3.8, 4) is 21.6 Å². The van der Waals surface area contributed by atoms with E-state index in [1.165, 1.54) is 35.6 Å². The van der Waals surface area contributed by atoms with Gasteiger partial charge in [0.1, 0.15) is 5.82 Å². The van der Waals surface area contributed by atoms with Crippen LogP contribution in [0, 0.1) is 22.9 Å². The molecule has 2 aromatic carbocycles. The summed E-state index contributed by atoms with van der Waals surface area (Å²) >= 11 is 1.23. The number of thiophene rings is 1. The van der Waals surface area contributed by atoms with Crippen LogP contribution in [0.1, 0.15) is 15.2 Å². The van der Waals surface area contributed by atoms with Crippen molar-refractivity contribution in [1.82, 2.24) is 0 Å². The Kier molecular flexibility index (Phi) is 4.33. The maximum Gasteiger partial charge on any atom is 0.269 e. The summed E-state index contributed by atoms with van der Waals surface area (Å²) in [6.07, 6.45) is 0. The van der Waals surface area contributed by atoms with Crippen LogP contribution in [0.15, 0.2) is 48.5 Å². The maximum absolute atomic E-state index is 13.2. The van der Waals surface area contributed by atoms with Gasteiger partial charge >= 0.3 is 0 Å².